The standard InChI is InChI=1S/C23H30N2O5/c1-5-14-12-25-10-9-23(27)20-17(7-6-8-19(20)29-3)24-21(23)18(25)11-15(14)16(13-28-2)22(26)30-4/h6-8,13-15,18,27H,5,9-12H2,1-4H3/b16-13+/t14-,15+,18-,23-/m1/s1. The summed E-state index contributed by atoms with van der Waals surface area (Å²) >= 11 is 0. The Kier molecular flexibility index (Phi) is 5.59. The van der Waals surface area contributed by atoms with Crippen molar-refractivity contribution in [2.24, 2.45) is 16.8 Å². The summed E-state index contributed by atoms with van der Waals surface area (Å²) in [4.78, 5) is 19.8. The summed E-state index contributed by atoms with van der Waals surface area (Å²) in [5.41, 5.74) is 1.70. The van der Waals surface area contributed by atoms with Crippen LogP contribution in [0.15, 0.2) is 35.0 Å². The topological polar surface area (TPSA) is 80.6 Å². The number of benzene rings is 1. The molecule has 1 aromatic rings. The first-order valence-corrected chi connectivity index (χ1v) is 10.5. The maximum atomic E-state index is 12.5. The predicted molar refractivity (Wildman–Crippen MR) is 113 cm³/mol. The molecule has 3 aliphatic heterocycles. The van der Waals surface area contributed by atoms with Crippen LogP contribution < -0.4 is 4.74 Å². The van der Waals surface area contributed by atoms with Crippen molar-refractivity contribution < 1.29 is 24.1 Å². The Labute approximate surface area is 177 Å². The molecule has 0 unspecified atom stereocenters. The Balaban J connectivity index is 1.72. The van der Waals surface area contributed by atoms with Gasteiger partial charge in [0.2, 0.25) is 0 Å². The van der Waals surface area contributed by atoms with E-state index < -0.39 is 5.60 Å². The summed E-state index contributed by atoms with van der Waals surface area (Å²) in [5.74, 6) is 0.569. The van der Waals surface area contributed by atoms with Gasteiger partial charge in [-0.05, 0) is 36.8 Å². The molecular formula is C23H30N2O5. The maximum Gasteiger partial charge on any atom is 0.337 e. The molecule has 2 saturated heterocycles. The Bertz CT molecular complexity index is 896. The van der Waals surface area contributed by atoms with Crippen molar-refractivity contribution in [2.45, 2.75) is 37.8 Å². The quantitative estimate of drug-likeness (QED) is 0.453. The molecule has 0 radical (unpaired) electrons. The number of carbonyl (C=O) groups is 1. The fourth-order valence-electron chi connectivity index (χ4n) is 5.45. The number of methoxy groups -OCH3 is 3. The summed E-state index contributed by atoms with van der Waals surface area (Å²) in [6.45, 7) is 3.75. The largest absolute Gasteiger partial charge is 0.504 e. The van der Waals surface area contributed by atoms with Gasteiger partial charge in [-0.1, -0.05) is 19.4 Å². The van der Waals surface area contributed by atoms with Crippen molar-refractivity contribution in [1.29, 1.82) is 0 Å². The molecule has 0 spiro atoms. The molecule has 1 N–H and O–H groups in total. The predicted octanol–water partition coefficient (Wildman–Crippen LogP) is 2.79. The molecule has 2 fully saturated rings. The molecule has 1 aromatic carbocycles. The van der Waals surface area contributed by atoms with Gasteiger partial charge in [0, 0.05) is 13.1 Å². The molecule has 0 aromatic heterocycles. The number of nitrogens with zero attached hydrogens (tertiary/aromatic N) is 2. The second-order valence-electron chi connectivity index (χ2n) is 8.28. The molecule has 4 rings (SSSR count). The number of ether oxygens (including phenoxy) is 3. The zero-order valence-corrected chi connectivity index (χ0v) is 18.1. The van der Waals surface area contributed by atoms with Crippen LogP contribution in [0.4, 0.5) is 5.69 Å². The minimum atomic E-state index is -1.14. The first-order valence-electron chi connectivity index (χ1n) is 10.5. The Morgan fingerprint density at radius 2 is 2.17 bits per heavy atom. The van der Waals surface area contributed by atoms with Crippen molar-refractivity contribution in [3.05, 3.63) is 35.6 Å². The van der Waals surface area contributed by atoms with Gasteiger partial charge in [-0.3, -0.25) is 9.89 Å². The highest BCUT2D eigenvalue weighted by atomic mass is 16.5. The van der Waals surface area contributed by atoms with Crippen molar-refractivity contribution in [3.63, 3.8) is 0 Å². The number of aliphatic imine (C=N–C) groups is 1. The molecule has 0 saturated carbocycles. The van der Waals surface area contributed by atoms with E-state index in [9.17, 15) is 9.90 Å². The molecule has 0 amide bonds. The fraction of sp³-hybridized carbons (Fsp3) is 0.565. The summed E-state index contributed by atoms with van der Waals surface area (Å²) in [6, 6.07) is 5.63. The normalized spacial score (nSPS) is 30.6. The number of rotatable bonds is 5. The summed E-state index contributed by atoms with van der Waals surface area (Å²) in [6.07, 6.45) is 3.71. The van der Waals surface area contributed by atoms with Crippen LogP contribution in [0.2, 0.25) is 0 Å². The number of fused-ring (bicyclic) bond motifs is 5. The van der Waals surface area contributed by atoms with Gasteiger partial charge in [0.05, 0.1) is 56.2 Å². The average Bonchev–Trinajstić information content (AvgIpc) is 3.09. The lowest BCUT2D eigenvalue weighted by atomic mass is 9.70. The van der Waals surface area contributed by atoms with Crippen LogP contribution in [0.25, 0.3) is 0 Å². The monoisotopic (exact) mass is 414 g/mol. The summed E-state index contributed by atoms with van der Waals surface area (Å²) < 4.78 is 15.8. The lowest BCUT2D eigenvalue weighted by Crippen LogP contribution is -2.60. The second kappa shape index (κ2) is 8.04. The minimum absolute atomic E-state index is 0.0284. The third-order valence-electron chi connectivity index (χ3n) is 6.92. The van der Waals surface area contributed by atoms with Crippen LogP contribution >= 0.6 is 0 Å². The van der Waals surface area contributed by atoms with Crippen molar-refractivity contribution in [2.75, 3.05) is 34.4 Å². The Hall–Kier alpha value is -2.38. The van der Waals surface area contributed by atoms with Crippen LogP contribution in [0, 0.1) is 11.8 Å². The van der Waals surface area contributed by atoms with E-state index >= 15 is 0 Å². The van der Waals surface area contributed by atoms with Gasteiger partial charge < -0.3 is 19.3 Å². The number of hydrogen-bond acceptors (Lipinski definition) is 7. The van der Waals surface area contributed by atoms with Crippen molar-refractivity contribution in [1.82, 2.24) is 4.90 Å². The smallest absolute Gasteiger partial charge is 0.337 e. The van der Waals surface area contributed by atoms with Gasteiger partial charge in [0.1, 0.15) is 11.4 Å². The number of aliphatic hydroxyl groups is 1. The van der Waals surface area contributed by atoms with E-state index in [1.165, 1.54) is 13.4 Å². The van der Waals surface area contributed by atoms with Crippen LogP contribution in [0.1, 0.15) is 31.7 Å². The Morgan fingerprint density at radius 3 is 2.83 bits per heavy atom. The molecule has 3 heterocycles. The number of carbonyl (C=O) groups excluding carboxylic acids is 1. The van der Waals surface area contributed by atoms with Crippen LogP contribution in [-0.2, 0) is 19.9 Å². The SMILES string of the molecule is CC[C@@H]1CN2CC[C@]3(O)C(=Nc4cccc(OC)c43)[C@H]2C[C@@H]1/C(=C\OC)C(=O)OC. The van der Waals surface area contributed by atoms with E-state index in [1.807, 2.05) is 18.2 Å². The van der Waals surface area contributed by atoms with Crippen LogP contribution in [-0.4, -0.2) is 62.1 Å². The number of esters is 1. The average molecular weight is 415 g/mol. The molecular weight excluding hydrogens is 384 g/mol. The third kappa shape index (κ3) is 3.11. The molecule has 0 bridgehead atoms. The van der Waals surface area contributed by atoms with Gasteiger partial charge in [0.25, 0.3) is 0 Å². The van der Waals surface area contributed by atoms with E-state index in [4.69, 9.17) is 19.2 Å². The number of piperidine rings is 2. The summed E-state index contributed by atoms with van der Waals surface area (Å²) in [5, 5.41) is 11.8. The van der Waals surface area contributed by atoms with Gasteiger partial charge in [-0.15, -0.1) is 0 Å². The highest BCUT2D eigenvalue weighted by molar-refractivity contribution is 6.05. The van der Waals surface area contributed by atoms with E-state index in [2.05, 4.69) is 11.8 Å². The zero-order valence-electron chi connectivity index (χ0n) is 18.1. The lowest BCUT2D eigenvalue weighted by molar-refractivity contribution is -0.137. The summed E-state index contributed by atoms with van der Waals surface area (Å²) in [7, 11) is 4.56. The second-order valence-corrected chi connectivity index (χ2v) is 8.28. The highest BCUT2D eigenvalue weighted by Gasteiger charge is 2.54. The van der Waals surface area contributed by atoms with E-state index in [0.29, 0.717) is 30.1 Å². The third-order valence-corrected chi connectivity index (χ3v) is 6.92. The molecule has 0 aliphatic carbocycles. The number of hydrogen-bond donors (Lipinski definition) is 1. The van der Waals surface area contributed by atoms with Crippen LogP contribution in [0.5, 0.6) is 5.75 Å². The van der Waals surface area contributed by atoms with Gasteiger partial charge >= 0.3 is 5.97 Å². The van der Waals surface area contributed by atoms with E-state index in [0.717, 1.165) is 36.5 Å². The first kappa shape index (κ1) is 20.9. The van der Waals surface area contributed by atoms with Gasteiger partial charge in [0.15, 0.2) is 0 Å². The molecule has 30 heavy (non-hydrogen) atoms. The van der Waals surface area contributed by atoms with Crippen LogP contribution in [0.3, 0.4) is 0 Å². The van der Waals surface area contributed by atoms with Crippen molar-refractivity contribution >= 4 is 17.4 Å². The Morgan fingerprint density at radius 1 is 1.37 bits per heavy atom. The lowest BCUT2D eigenvalue weighted by Gasteiger charge is -2.50. The fourth-order valence-corrected chi connectivity index (χ4v) is 5.45. The highest BCUT2D eigenvalue weighted by Crippen LogP contribution is 2.51. The van der Waals surface area contributed by atoms with E-state index in [-0.39, 0.29) is 17.9 Å². The minimum Gasteiger partial charge on any atom is -0.504 e. The molecule has 7 heteroatoms. The zero-order chi connectivity index (χ0) is 21.5. The van der Waals surface area contributed by atoms with Gasteiger partial charge in [-0.2, -0.15) is 0 Å². The van der Waals surface area contributed by atoms with Gasteiger partial charge in [-0.25, -0.2) is 4.79 Å². The molecule has 3 aliphatic rings. The maximum absolute atomic E-state index is 12.5. The molecule has 4 atom stereocenters. The molecule has 162 valence electrons. The first-order chi connectivity index (χ1) is 14.5. The van der Waals surface area contributed by atoms with Crippen molar-refractivity contribution in [3.8, 4) is 5.75 Å². The molecule has 7 nitrogen and oxygen atoms in total. The van der Waals surface area contributed by atoms with E-state index in [1.54, 1.807) is 14.2 Å².